The van der Waals surface area contributed by atoms with Crippen LogP contribution in [-0.2, 0) is 0 Å². The molecule has 0 aliphatic heterocycles. The molecule has 19 heavy (non-hydrogen) atoms. The Hall–Kier alpha value is -2.02. The fourth-order valence-corrected chi connectivity index (χ4v) is 2.27. The van der Waals surface area contributed by atoms with Crippen LogP contribution in [0.5, 0.6) is 11.5 Å². The number of nitrogens with zero attached hydrogens (tertiary/aromatic N) is 2. The molecule has 0 amide bonds. The average molecular weight is 280 g/mol. The maximum atomic E-state index is 5.49. The molecular weight excluding hydrogens is 264 g/mol. The SMILES string of the molecule is COc1ccc(C(C)Nc2nc(N)ns2)cc1OC. The lowest BCUT2D eigenvalue weighted by molar-refractivity contribution is 0.354. The van der Waals surface area contributed by atoms with Crippen molar-refractivity contribution in [1.82, 2.24) is 9.36 Å². The Balaban J connectivity index is 2.16. The molecule has 2 rings (SSSR count). The van der Waals surface area contributed by atoms with Gasteiger partial charge < -0.3 is 20.5 Å². The summed E-state index contributed by atoms with van der Waals surface area (Å²) in [5.74, 6) is 1.69. The van der Waals surface area contributed by atoms with Gasteiger partial charge in [0, 0.05) is 11.5 Å². The van der Waals surface area contributed by atoms with E-state index >= 15 is 0 Å². The van der Waals surface area contributed by atoms with Gasteiger partial charge >= 0.3 is 0 Å². The Morgan fingerprint density at radius 3 is 2.58 bits per heavy atom. The lowest BCUT2D eigenvalue weighted by Crippen LogP contribution is -2.07. The number of hydrogen-bond acceptors (Lipinski definition) is 7. The van der Waals surface area contributed by atoms with Crippen LogP contribution in [0.3, 0.4) is 0 Å². The quantitative estimate of drug-likeness (QED) is 0.874. The topological polar surface area (TPSA) is 82.3 Å². The molecule has 0 saturated carbocycles. The number of anilines is 2. The summed E-state index contributed by atoms with van der Waals surface area (Å²) in [6.07, 6.45) is 0. The first kappa shape index (κ1) is 13.4. The summed E-state index contributed by atoms with van der Waals surface area (Å²) >= 11 is 1.24. The number of hydrogen-bond donors (Lipinski definition) is 2. The highest BCUT2D eigenvalue weighted by atomic mass is 32.1. The predicted octanol–water partition coefficient (Wildman–Crippen LogP) is 2.31. The van der Waals surface area contributed by atoms with E-state index in [-0.39, 0.29) is 12.0 Å². The minimum Gasteiger partial charge on any atom is -0.493 e. The molecule has 0 aliphatic rings. The van der Waals surface area contributed by atoms with Gasteiger partial charge in [-0.2, -0.15) is 9.36 Å². The molecule has 3 N–H and O–H groups in total. The van der Waals surface area contributed by atoms with Gasteiger partial charge in [0.25, 0.3) is 0 Å². The van der Waals surface area contributed by atoms with Gasteiger partial charge in [-0.3, -0.25) is 0 Å². The van der Waals surface area contributed by atoms with Crippen LogP contribution in [0.2, 0.25) is 0 Å². The van der Waals surface area contributed by atoms with E-state index in [4.69, 9.17) is 15.2 Å². The summed E-state index contributed by atoms with van der Waals surface area (Å²) in [5, 5.41) is 3.93. The fourth-order valence-electron chi connectivity index (χ4n) is 1.68. The zero-order valence-corrected chi connectivity index (χ0v) is 11.8. The molecule has 0 saturated heterocycles. The first-order valence-corrected chi connectivity index (χ1v) is 6.49. The molecule has 1 aromatic heterocycles. The lowest BCUT2D eigenvalue weighted by atomic mass is 10.1. The predicted molar refractivity (Wildman–Crippen MR) is 75.9 cm³/mol. The summed E-state index contributed by atoms with van der Waals surface area (Å²) in [5.41, 5.74) is 6.55. The largest absolute Gasteiger partial charge is 0.493 e. The number of aromatic nitrogens is 2. The van der Waals surface area contributed by atoms with E-state index in [2.05, 4.69) is 14.7 Å². The van der Waals surface area contributed by atoms with Crippen LogP contribution >= 0.6 is 11.5 Å². The molecule has 1 atom stereocenters. The third-order valence-electron chi connectivity index (χ3n) is 2.69. The van der Waals surface area contributed by atoms with Gasteiger partial charge in [-0.1, -0.05) is 6.07 Å². The first-order valence-electron chi connectivity index (χ1n) is 5.71. The van der Waals surface area contributed by atoms with E-state index in [0.717, 1.165) is 5.56 Å². The van der Waals surface area contributed by atoms with Gasteiger partial charge in [0.1, 0.15) is 0 Å². The summed E-state index contributed by atoms with van der Waals surface area (Å²) in [6, 6.07) is 5.85. The maximum Gasteiger partial charge on any atom is 0.233 e. The molecule has 0 fully saturated rings. The molecule has 1 unspecified atom stereocenters. The van der Waals surface area contributed by atoms with Crippen LogP contribution < -0.4 is 20.5 Å². The van der Waals surface area contributed by atoms with Gasteiger partial charge in [-0.05, 0) is 24.6 Å². The van der Waals surface area contributed by atoms with E-state index in [0.29, 0.717) is 16.6 Å². The van der Waals surface area contributed by atoms with Crippen molar-refractivity contribution < 1.29 is 9.47 Å². The lowest BCUT2D eigenvalue weighted by Gasteiger charge is -2.15. The van der Waals surface area contributed by atoms with Gasteiger partial charge in [0.05, 0.1) is 20.3 Å². The van der Waals surface area contributed by atoms with Crippen LogP contribution in [0.1, 0.15) is 18.5 Å². The Kier molecular flexibility index (Phi) is 4.06. The highest BCUT2D eigenvalue weighted by Gasteiger charge is 2.11. The molecule has 7 heteroatoms. The van der Waals surface area contributed by atoms with E-state index in [1.165, 1.54) is 11.5 Å². The number of nitrogens with one attached hydrogen (secondary N) is 1. The Labute approximate surface area is 115 Å². The number of nitrogens with two attached hydrogens (primary N) is 1. The molecule has 102 valence electrons. The zero-order chi connectivity index (χ0) is 13.8. The molecule has 1 heterocycles. The Bertz CT molecular complexity index is 558. The van der Waals surface area contributed by atoms with E-state index < -0.39 is 0 Å². The summed E-state index contributed by atoms with van der Waals surface area (Å²) in [7, 11) is 3.23. The molecule has 0 aliphatic carbocycles. The molecule has 6 nitrogen and oxygen atoms in total. The van der Waals surface area contributed by atoms with Crippen LogP contribution in [0.25, 0.3) is 0 Å². The molecule has 0 spiro atoms. The number of rotatable bonds is 5. The second kappa shape index (κ2) is 5.75. The van der Waals surface area contributed by atoms with Gasteiger partial charge in [0.2, 0.25) is 11.1 Å². The second-order valence-corrected chi connectivity index (χ2v) is 4.69. The number of nitrogen functional groups attached to an aromatic ring is 1. The van der Waals surface area contributed by atoms with E-state index in [1.54, 1.807) is 14.2 Å². The van der Waals surface area contributed by atoms with Crippen molar-refractivity contribution in [3.63, 3.8) is 0 Å². The Morgan fingerprint density at radius 2 is 2.00 bits per heavy atom. The molecule has 0 radical (unpaired) electrons. The maximum absolute atomic E-state index is 5.49. The van der Waals surface area contributed by atoms with Gasteiger partial charge in [-0.15, -0.1) is 0 Å². The van der Waals surface area contributed by atoms with Crippen molar-refractivity contribution >= 4 is 22.6 Å². The fraction of sp³-hybridized carbons (Fsp3) is 0.333. The van der Waals surface area contributed by atoms with Crippen molar-refractivity contribution in [3.05, 3.63) is 23.8 Å². The summed E-state index contributed by atoms with van der Waals surface area (Å²) in [6.45, 7) is 2.03. The molecule has 2 aromatic rings. The van der Waals surface area contributed by atoms with Crippen LogP contribution in [0, 0.1) is 0 Å². The van der Waals surface area contributed by atoms with Crippen LogP contribution in [0.15, 0.2) is 18.2 Å². The van der Waals surface area contributed by atoms with Crippen molar-refractivity contribution in [2.45, 2.75) is 13.0 Å². The van der Waals surface area contributed by atoms with E-state index in [1.807, 2.05) is 25.1 Å². The summed E-state index contributed by atoms with van der Waals surface area (Å²) < 4.78 is 14.4. The first-order chi connectivity index (χ1) is 9.13. The third kappa shape index (κ3) is 3.05. The standard InChI is InChI=1S/C12H16N4O2S/c1-7(14-12-15-11(13)16-19-12)8-4-5-9(17-2)10(6-8)18-3/h4-7H,1-3H3,(H3,13,14,15,16). The number of ether oxygens (including phenoxy) is 2. The number of benzene rings is 1. The molecule has 1 aromatic carbocycles. The van der Waals surface area contributed by atoms with Crippen LogP contribution in [0.4, 0.5) is 11.1 Å². The highest BCUT2D eigenvalue weighted by molar-refractivity contribution is 7.09. The minimum absolute atomic E-state index is 0.0622. The van der Waals surface area contributed by atoms with Crippen molar-refractivity contribution in [2.24, 2.45) is 0 Å². The monoisotopic (exact) mass is 280 g/mol. The van der Waals surface area contributed by atoms with Crippen molar-refractivity contribution in [2.75, 3.05) is 25.3 Å². The molecule has 0 bridgehead atoms. The van der Waals surface area contributed by atoms with Crippen LogP contribution in [-0.4, -0.2) is 23.6 Å². The second-order valence-electron chi connectivity index (χ2n) is 3.94. The zero-order valence-electron chi connectivity index (χ0n) is 11.0. The smallest absolute Gasteiger partial charge is 0.233 e. The number of methoxy groups -OCH3 is 2. The van der Waals surface area contributed by atoms with Gasteiger partial charge in [-0.25, -0.2) is 0 Å². The van der Waals surface area contributed by atoms with E-state index in [9.17, 15) is 0 Å². The highest BCUT2D eigenvalue weighted by Crippen LogP contribution is 2.31. The van der Waals surface area contributed by atoms with Crippen molar-refractivity contribution in [3.8, 4) is 11.5 Å². The minimum atomic E-state index is 0.0622. The average Bonchev–Trinajstić information content (AvgIpc) is 2.83. The summed E-state index contributed by atoms with van der Waals surface area (Å²) in [4.78, 5) is 4.07. The third-order valence-corrected chi connectivity index (χ3v) is 3.35. The normalized spacial score (nSPS) is 11.9. The molecular formula is C12H16N4O2S. The van der Waals surface area contributed by atoms with Gasteiger partial charge in [0.15, 0.2) is 11.5 Å². The van der Waals surface area contributed by atoms with Crippen molar-refractivity contribution in [1.29, 1.82) is 0 Å². The Morgan fingerprint density at radius 1 is 1.26 bits per heavy atom.